The van der Waals surface area contributed by atoms with Gasteiger partial charge in [0.1, 0.15) is 5.82 Å². The first-order valence-corrected chi connectivity index (χ1v) is 8.66. The van der Waals surface area contributed by atoms with Crippen LogP contribution >= 0.6 is 0 Å². The molecule has 0 aromatic heterocycles. The molecule has 1 amide bonds. The van der Waals surface area contributed by atoms with Crippen molar-refractivity contribution in [2.45, 2.75) is 38.6 Å². The summed E-state index contributed by atoms with van der Waals surface area (Å²) in [6.45, 7) is 4.44. The summed E-state index contributed by atoms with van der Waals surface area (Å²) in [5.74, 6) is -0.0461. The maximum atomic E-state index is 14.4. The molecule has 2 N–H and O–H groups in total. The SMILES string of the molecule is NC(=O)CC1CCCN(Cc2c(F)cccc2N2CCCC2)C1. The number of benzene rings is 1. The molecule has 2 aliphatic rings. The van der Waals surface area contributed by atoms with E-state index < -0.39 is 0 Å². The highest BCUT2D eigenvalue weighted by Gasteiger charge is 2.24. The molecule has 2 fully saturated rings. The molecule has 0 spiro atoms. The molecule has 2 heterocycles. The van der Waals surface area contributed by atoms with Crippen molar-refractivity contribution in [3.05, 3.63) is 29.6 Å². The van der Waals surface area contributed by atoms with Crippen LogP contribution in [0.15, 0.2) is 18.2 Å². The minimum absolute atomic E-state index is 0.119. The average molecular weight is 319 g/mol. The summed E-state index contributed by atoms with van der Waals surface area (Å²) in [5.41, 5.74) is 7.17. The van der Waals surface area contributed by atoms with Crippen molar-refractivity contribution >= 4 is 11.6 Å². The Kier molecular flexibility index (Phi) is 5.16. The fourth-order valence-corrected chi connectivity index (χ4v) is 3.93. The number of carbonyl (C=O) groups is 1. The van der Waals surface area contributed by atoms with Crippen LogP contribution in [-0.4, -0.2) is 37.0 Å². The Morgan fingerprint density at radius 1 is 1.22 bits per heavy atom. The monoisotopic (exact) mass is 319 g/mol. The first-order valence-electron chi connectivity index (χ1n) is 8.66. The molecule has 1 atom stereocenters. The normalized spacial score (nSPS) is 22.5. The Balaban J connectivity index is 1.72. The zero-order chi connectivity index (χ0) is 16.2. The number of hydrogen-bond donors (Lipinski definition) is 1. The molecule has 3 rings (SSSR count). The van der Waals surface area contributed by atoms with Gasteiger partial charge in [0.15, 0.2) is 0 Å². The summed E-state index contributed by atoms with van der Waals surface area (Å²) in [7, 11) is 0. The lowest BCUT2D eigenvalue weighted by atomic mass is 9.94. The smallest absolute Gasteiger partial charge is 0.217 e. The second kappa shape index (κ2) is 7.30. The summed E-state index contributed by atoms with van der Waals surface area (Å²) >= 11 is 0. The molecule has 23 heavy (non-hydrogen) atoms. The number of halogens is 1. The van der Waals surface area contributed by atoms with Gasteiger partial charge >= 0.3 is 0 Å². The van der Waals surface area contributed by atoms with Gasteiger partial charge in [-0.3, -0.25) is 9.69 Å². The first-order chi connectivity index (χ1) is 11.1. The third-order valence-electron chi connectivity index (χ3n) is 5.02. The quantitative estimate of drug-likeness (QED) is 0.907. The lowest BCUT2D eigenvalue weighted by Gasteiger charge is -2.33. The van der Waals surface area contributed by atoms with E-state index in [0.717, 1.165) is 50.3 Å². The molecule has 0 saturated carbocycles. The second-order valence-electron chi connectivity index (χ2n) is 6.85. The Morgan fingerprint density at radius 3 is 2.74 bits per heavy atom. The minimum atomic E-state index is -0.236. The van der Waals surface area contributed by atoms with Crippen molar-refractivity contribution in [3.63, 3.8) is 0 Å². The standard InChI is InChI=1S/C18H26FN3O/c19-16-6-3-7-17(22-9-1-2-10-22)15(16)13-21-8-4-5-14(12-21)11-18(20)23/h3,6-7,14H,1-2,4-5,8-13H2,(H2,20,23). The number of nitrogens with two attached hydrogens (primary N) is 1. The van der Waals surface area contributed by atoms with Gasteiger partial charge in [0.25, 0.3) is 0 Å². The van der Waals surface area contributed by atoms with Crippen LogP contribution in [0.25, 0.3) is 0 Å². The molecular weight excluding hydrogens is 293 g/mol. The maximum absolute atomic E-state index is 14.4. The van der Waals surface area contributed by atoms with Gasteiger partial charge in [-0.2, -0.15) is 0 Å². The van der Waals surface area contributed by atoms with Gasteiger partial charge in [-0.05, 0) is 50.3 Å². The third kappa shape index (κ3) is 4.02. The van der Waals surface area contributed by atoms with E-state index in [-0.39, 0.29) is 11.7 Å². The molecule has 4 nitrogen and oxygen atoms in total. The number of nitrogens with zero attached hydrogens (tertiary/aromatic N) is 2. The summed E-state index contributed by atoms with van der Waals surface area (Å²) in [4.78, 5) is 15.7. The lowest BCUT2D eigenvalue weighted by molar-refractivity contribution is -0.119. The Morgan fingerprint density at radius 2 is 2.00 bits per heavy atom. The van der Waals surface area contributed by atoms with Crippen LogP contribution in [0.2, 0.25) is 0 Å². The summed E-state index contributed by atoms with van der Waals surface area (Å²) < 4.78 is 14.4. The van der Waals surface area contributed by atoms with Crippen LogP contribution in [0.3, 0.4) is 0 Å². The number of anilines is 1. The van der Waals surface area contributed by atoms with E-state index in [9.17, 15) is 9.18 Å². The van der Waals surface area contributed by atoms with Crippen LogP contribution in [0, 0.1) is 11.7 Å². The van der Waals surface area contributed by atoms with Gasteiger partial charge in [-0.1, -0.05) is 6.07 Å². The van der Waals surface area contributed by atoms with Crippen molar-refractivity contribution < 1.29 is 9.18 Å². The van der Waals surface area contributed by atoms with Crippen molar-refractivity contribution in [1.82, 2.24) is 4.90 Å². The molecule has 0 aliphatic carbocycles. The predicted molar refractivity (Wildman–Crippen MR) is 89.7 cm³/mol. The summed E-state index contributed by atoms with van der Waals surface area (Å²) in [6, 6.07) is 5.40. The molecule has 1 aromatic rings. The van der Waals surface area contributed by atoms with Crippen molar-refractivity contribution in [1.29, 1.82) is 0 Å². The topological polar surface area (TPSA) is 49.6 Å². The zero-order valence-electron chi connectivity index (χ0n) is 13.6. The highest BCUT2D eigenvalue weighted by molar-refractivity contribution is 5.74. The van der Waals surface area contributed by atoms with Crippen molar-refractivity contribution in [3.8, 4) is 0 Å². The van der Waals surface area contributed by atoms with E-state index in [1.807, 2.05) is 6.07 Å². The molecule has 1 unspecified atom stereocenters. The molecule has 0 radical (unpaired) electrons. The minimum Gasteiger partial charge on any atom is -0.371 e. The molecule has 1 aromatic carbocycles. The van der Waals surface area contributed by atoms with E-state index in [2.05, 4.69) is 9.80 Å². The van der Waals surface area contributed by atoms with Crippen molar-refractivity contribution in [2.24, 2.45) is 11.7 Å². The lowest BCUT2D eigenvalue weighted by Crippen LogP contribution is -2.37. The molecule has 2 aliphatic heterocycles. The first kappa shape index (κ1) is 16.2. The second-order valence-corrected chi connectivity index (χ2v) is 6.85. The van der Waals surface area contributed by atoms with Crippen LogP contribution in [0.4, 0.5) is 10.1 Å². The number of carbonyl (C=O) groups excluding carboxylic acids is 1. The Bertz CT molecular complexity index is 557. The van der Waals surface area contributed by atoms with Crippen LogP contribution in [0.1, 0.15) is 37.7 Å². The largest absolute Gasteiger partial charge is 0.371 e. The fourth-order valence-electron chi connectivity index (χ4n) is 3.93. The molecule has 126 valence electrons. The average Bonchev–Trinajstić information content (AvgIpc) is 3.03. The van der Waals surface area contributed by atoms with Crippen LogP contribution < -0.4 is 10.6 Å². The zero-order valence-corrected chi connectivity index (χ0v) is 13.6. The number of primary amides is 1. The molecular formula is C18H26FN3O. The van der Waals surface area contributed by atoms with E-state index in [1.165, 1.54) is 12.8 Å². The van der Waals surface area contributed by atoms with E-state index in [4.69, 9.17) is 5.73 Å². The van der Waals surface area contributed by atoms with Gasteiger partial charge in [0, 0.05) is 43.9 Å². The number of piperidine rings is 1. The number of likely N-dealkylation sites (tertiary alicyclic amines) is 1. The number of hydrogen-bond acceptors (Lipinski definition) is 3. The molecule has 2 saturated heterocycles. The van der Waals surface area contributed by atoms with Gasteiger partial charge < -0.3 is 10.6 Å². The molecule has 0 bridgehead atoms. The van der Waals surface area contributed by atoms with E-state index in [1.54, 1.807) is 12.1 Å². The fraction of sp³-hybridized carbons (Fsp3) is 0.611. The predicted octanol–water partition coefficient (Wildman–Crippen LogP) is 2.51. The molecule has 5 heteroatoms. The van der Waals surface area contributed by atoms with Gasteiger partial charge in [-0.15, -0.1) is 0 Å². The highest BCUT2D eigenvalue weighted by Crippen LogP contribution is 2.29. The number of rotatable bonds is 5. The summed E-state index contributed by atoms with van der Waals surface area (Å²) in [5, 5.41) is 0. The van der Waals surface area contributed by atoms with Crippen molar-refractivity contribution in [2.75, 3.05) is 31.1 Å². The van der Waals surface area contributed by atoms with Crippen LogP contribution in [-0.2, 0) is 11.3 Å². The van der Waals surface area contributed by atoms with E-state index >= 15 is 0 Å². The Hall–Kier alpha value is -1.62. The van der Waals surface area contributed by atoms with Gasteiger partial charge in [-0.25, -0.2) is 4.39 Å². The Labute approximate surface area is 137 Å². The third-order valence-corrected chi connectivity index (χ3v) is 5.02. The highest BCUT2D eigenvalue weighted by atomic mass is 19.1. The van der Waals surface area contributed by atoms with E-state index in [0.29, 0.717) is 18.9 Å². The van der Waals surface area contributed by atoms with Gasteiger partial charge in [0.2, 0.25) is 5.91 Å². The van der Waals surface area contributed by atoms with Gasteiger partial charge in [0.05, 0.1) is 0 Å². The van der Waals surface area contributed by atoms with Crippen LogP contribution in [0.5, 0.6) is 0 Å². The summed E-state index contributed by atoms with van der Waals surface area (Å²) in [6.07, 6.45) is 4.88. The number of amides is 1. The maximum Gasteiger partial charge on any atom is 0.217 e.